The van der Waals surface area contributed by atoms with E-state index in [1.807, 2.05) is 6.92 Å². The van der Waals surface area contributed by atoms with Crippen LogP contribution in [0.4, 0.5) is 0 Å². The molecule has 2 bridgehead atoms. The van der Waals surface area contributed by atoms with Crippen molar-refractivity contribution in [2.45, 2.75) is 19.3 Å². The van der Waals surface area contributed by atoms with Gasteiger partial charge in [-0.05, 0) is 25.8 Å². The van der Waals surface area contributed by atoms with Crippen molar-refractivity contribution in [2.75, 3.05) is 19.6 Å². The summed E-state index contributed by atoms with van der Waals surface area (Å²) >= 11 is 0. The third kappa shape index (κ3) is 1.09. The molecular formula is C9H13N3O. The van der Waals surface area contributed by atoms with E-state index < -0.39 is 0 Å². The molecule has 3 rings (SSSR count). The minimum atomic E-state index is 0.509. The average molecular weight is 179 g/mol. The Morgan fingerprint density at radius 3 is 2.92 bits per heavy atom. The number of fused-ring (bicyclic) bond motifs is 2. The molecule has 0 N–H and O–H groups in total. The van der Waals surface area contributed by atoms with Crippen molar-refractivity contribution in [3.05, 3.63) is 11.7 Å². The first-order valence-electron chi connectivity index (χ1n) is 4.85. The van der Waals surface area contributed by atoms with Gasteiger partial charge in [0.2, 0.25) is 5.89 Å². The van der Waals surface area contributed by atoms with Crippen molar-refractivity contribution in [1.29, 1.82) is 0 Å². The molecule has 0 spiro atoms. The van der Waals surface area contributed by atoms with Gasteiger partial charge in [-0.1, -0.05) is 5.16 Å². The van der Waals surface area contributed by atoms with Crippen molar-refractivity contribution < 1.29 is 4.52 Å². The molecule has 2 aliphatic rings. The van der Waals surface area contributed by atoms with E-state index in [0.29, 0.717) is 5.92 Å². The van der Waals surface area contributed by atoms with Gasteiger partial charge in [0.1, 0.15) is 0 Å². The zero-order valence-electron chi connectivity index (χ0n) is 7.73. The lowest BCUT2D eigenvalue weighted by atomic mass is 9.93. The molecule has 2 aliphatic heterocycles. The quantitative estimate of drug-likeness (QED) is 0.639. The predicted molar refractivity (Wildman–Crippen MR) is 46.3 cm³/mol. The van der Waals surface area contributed by atoms with Gasteiger partial charge in [0, 0.05) is 13.1 Å². The molecule has 0 aromatic carbocycles. The fourth-order valence-electron chi connectivity index (χ4n) is 2.53. The minimum Gasteiger partial charge on any atom is -0.339 e. The predicted octanol–water partition coefficient (Wildman–Crippen LogP) is 0.797. The van der Waals surface area contributed by atoms with Crippen molar-refractivity contribution in [3.63, 3.8) is 0 Å². The zero-order chi connectivity index (χ0) is 8.84. The highest BCUT2D eigenvalue weighted by Crippen LogP contribution is 2.38. The van der Waals surface area contributed by atoms with Gasteiger partial charge in [-0.25, -0.2) is 0 Å². The van der Waals surface area contributed by atoms with E-state index in [-0.39, 0.29) is 0 Å². The Balaban J connectivity index is 1.87. The number of piperidine rings is 1. The Bertz CT molecular complexity index is 322. The lowest BCUT2D eigenvalue weighted by molar-refractivity contribution is 0.288. The van der Waals surface area contributed by atoms with E-state index in [4.69, 9.17) is 4.52 Å². The minimum absolute atomic E-state index is 0.509. The molecule has 0 saturated carbocycles. The molecule has 0 amide bonds. The molecule has 0 aliphatic carbocycles. The van der Waals surface area contributed by atoms with Crippen LogP contribution in [0.1, 0.15) is 24.1 Å². The van der Waals surface area contributed by atoms with E-state index in [0.717, 1.165) is 24.2 Å². The maximum Gasteiger partial charge on any atom is 0.231 e. The van der Waals surface area contributed by atoms with Crippen LogP contribution in [0.25, 0.3) is 0 Å². The molecule has 3 atom stereocenters. The topological polar surface area (TPSA) is 42.2 Å². The van der Waals surface area contributed by atoms with Crippen LogP contribution in [0.2, 0.25) is 0 Å². The second kappa shape index (κ2) is 2.54. The summed E-state index contributed by atoms with van der Waals surface area (Å²) in [5.74, 6) is 2.88. The summed E-state index contributed by atoms with van der Waals surface area (Å²) in [7, 11) is 0. The van der Waals surface area contributed by atoms with Gasteiger partial charge < -0.3 is 9.42 Å². The van der Waals surface area contributed by atoms with Crippen LogP contribution in [-0.4, -0.2) is 34.7 Å². The van der Waals surface area contributed by atoms with Gasteiger partial charge in [-0.3, -0.25) is 0 Å². The Labute approximate surface area is 76.9 Å². The number of aryl methyl sites for hydroxylation is 1. The second-order valence-corrected chi connectivity index (χ2v) is 4.09. The molecule has 2 saturated heterocycles. The molecule has 2 fully saturated rings. The molecule has 2 unspecified atom stereocenters. The molecule has 1 aromatic rings. The van der Waals surface area contributed by atoms with Gasteiger partial charge in [0.15, 0.2) is 5.82 Å². The Morgan fingerprint density at radius 2 is 2.38 bits per heavy atom. The normalized spacial score (nSPS) is 37.2. The van der Waals surface area contributed by atoms with Crippen LogP contribution < -0.4 is 0 Å². The average Bonchev–Trinajstić information content (AvgIpc) is 2.77. The number of aromatic nitrogens is 2. The second-order valence-electron chi connectivity index (χ2n) is 4.09. The summed E-state index contributed by atoms with van der Waals surface area (Å²) in [5.41, 5.74) is 0. The summed E-state index contributed by atoms with van der Waals surface area (Å²) in [5, 5.41) is 3.84. The number of hydrogen-bond donors (Lipinski definition) is 0. The number of rotatable bonds is 1. The molecule has 0 radical (unpaired) electrons. The molecule has 13 heavy (non-hydrogen) atoms. The van der Waals surface area contributed by atoms with Gasteiger partial charge in [-0.2, -0.15) is 4.98 Å². The van der Waals surface area contributed by atoms with Crippen molar-refractivity contribution >= 4 is 0 Å². The molecule has 1 aromatic heterocycles. The Hall–Kier alpha value is -0.900. The van der Waals surface area contributed by atoms with Crippen molar-refractivity contribution in [3.8, 4) is 0 Å². The largest absolute Gasteiger partial charge is 0.339 e. The lowest BCUT2D eigenvalue weighted by Crippen LogP contribution is -2.22. The Kier molecular flexibility index (Phi) is 1.47. The first-order chi connectivity index (χ1) is 6.33. The van der Waals surface area contributed by atoms with Crippen LogP contribution in [0.15, 0.2) is 4.52 Å². The molecule has 3 heterocycles. The van der Waals surface area contributed by atoms with Crippen LogP contribution >= 0.6 is 0 Å². The van der Waals surface area contributed by atoms with Crippen LogP contribution in [-0.2, 0) is 0 Å². The van der Waals surface area contributed by atoms with E-state index in [1.165, 1.54) is 19.5 Å². The standard InChI is InChI=1S/C9H13N3O/c1-6-10-9(13-11-6)8-5-12-3-2-7(8)4-12/h7-8H,2-5H2,1H3/t7?,8-/m0/s1. The van der Waals surface area contributed by atoms with Gasteiger partial charge in [0.05, 0.1) is 5.92 Å². The van der Waals surface area contributed by atoms with Crippen LogP contribution in [0.3, 0.4) is 0 Å². The SMILES string of the molecule is Cc1noc([C@H]2CN3CCC2C3)n1. The Morgan fingerprint density at radius 1 is 1.46 bits per heavy atom. The summed E-state index contributed by atoms with van der Waals surface area (Å²) < 4.78 is 5.21. The van der Waals surface area contributed by atoms with E-state index in [1.54, 1.807) is 0 Å². The highest BCUT2D eigenvalue weighted by atomic mass is 16.5. The maximum atomic E-state index is 5.21. The van der Waals surface area contributed by atoms with E-state index in [2.05, 4.69) is 15.0 Å². The van der Waals surface area contributed by atoms with Crippen LogP contribution in [0.5, 0.6) is 0 Å². The smallest absolute Gasteiger partial charge is 0.231 e. The van der Waals surface area contributed by atoms with Gasteiger partial charge in [-0.15, -0.1) is 0 Å². The monoisotopic (exact) mass is 179 g/mol. The third-order valence-electron chi connectivity index (χ3n) is 3.19. The summed E-state index contributed by atoms with van der Waals surface area (Å²) in [6.45, 7) is 5.48. The third-order valence-corrected chi connectivity index (χ3v) is 3.19. The first-order valence-corrected chi connectivity index (χ1v) is 4.85. The molecule has 4 heteroatoms. The maximum absolute atomic E-state index is 5.21. The van der Waals surface area contributed by atoms with Crippen molar-refractivity contribution in [2.24, 2.45) is 5.92 Å². The van der Waals surface area contributed by atoms with Gasteiger partial charge >= 0.3 is 0 Å². The summed E-state index contributed by atoms with van der Waals surface area (Å²) in [4.78, 5) is 6.79. The highest BCUT2D eigenvalue weighted by Gasteiger charge is 2.41. The van der Waals surface area contributed by atoms with Crippen molar-refractivity contribution in [1.82, 2.24) is 15.0 Å². The van der Waals surface area contributed by atoms with E-state index in [9.17, 15) is 0 Å². The molecule has 70 valence electrons. The summed E-state index contributed by atoms with van der Waals surface area (Å²) in [6.07, 6.45) is 1.30. The van der Waals surface area contributed by atoms with Crippen LogP contribution in [0, 0.1) is 12.8 Å². The number of nitrogens with zero attached hydrogens (tertiary/aromatic N) is 3. The zero-order valence-corrected chi connectivity index (χ0v) is 7.73. The summed E-state index contributed by atoms with van der Waals surface area (Å²) in [6, 6.07) is 0. The van der Waals surface area contributed by atoms with Gasteiger partial charge in [0.25, 0.3) is 0 Å². The number of hydrogen-bond acceptors (Lipinski definition) is 4. The lowest BCUT2D eigenvalue weighted by Gasteiger charge is -2.17. The van der Waals surface area contributed by atoms with E-state index >= 15 is 0 Å². The fourth-order valence-corrected chi connectivity index (χ4v) is 2.53. The molecule has 4 nitrogen and oxygen atoms in total. The fraction of sp³-hybridized carbons (Fsp3) is 0.778. The highest BCUT2D eigenvalue weighted by molar-refractivity contribution is 5.05. The first kappa shape index (κ1) is 7.50. The molecular weight excluding hydrogens is 166 g/mol.